The van der Waals surface area contributed by atoms with E-state index in [-0.39, 0.29) is 18.2 Å². The first kappa shape index (κ1) is 16.9. The molecule has 1 aromatic rings. The summed E-state index contributed by atoms with van der Waals surface area (Å²) in [5.74, 6) is 0. The van der Waals surface area contributed by atoms with E-state index in [1.807, 2.05) is 11.9 Å². The van der Waals surface area contributed by atoms with Crippen molar-refractivity contribution in [2.75, 3.05) is 20.1 Å². The number of nitrogens with zero attached hydrogens (tertiary/aromatic N) is 2. The Morgan fingerprint density at radius 1 is 1.50 bits per heavy atom. The van der Waals surface area contributed by atoms with E-state index in [2.05, 4.69) is 0 Å². The molecule has 0 aromatic heterocycles. The van der Waals surface area contributed by atoms with Crippen LogP contribution in [0.15, 0.2) is 18.2 Å². The molecule has 1 amide bonds. The van der Waals surface area contributed by atoms with Gasteiger partial charge in [-0.25, -0.2) is 4.79 Å². The number of hydrogen-bond donors (Lipinski definition) is 1. The molecule has 1 aromatic carbocycles. The molecule has 0 aliphatic carbocycles. The average molecular weight is 337 g/mol. The number of halogens is 4. The summed E-state index contributed by atoms with van der Waals surface area (Å²) >= 11 is 5.83. The van der Waals surface area contributed by atoms with Crippen LogP contribution in [0.25, 0.3) is 0 Å². The van der Waals surface area contributed by atoms with Crippen molar-refractivity contribution in [3.8, 4) is 0 Å². The Morgan fingerprint density at radius 2 is 2.18 bits per heavy atom. The fourth-order valence-electron chi connectivity index (χ4n) is 2.62. The average Bonchev–Trinajstić information content (AvgIpc) is 2.82. The number of rotatable bonds is 3. The second-order valence-electron chi connectivity index (χ2n) is 5.39. The molecule has 8 heteroatoms. The molecule has 1 saturated heterocycles. The first-order chi connectivity index (χ1) is 10.2. The Bertz CT molecular complexity index is 566. The van der Waals surface area contributed by atoms with Gasteiger partial charge in [-0.05, 0) is 31.6 Å². The van der Waals surface area contributed by atoms with Crippen molar-refractivity contribution in [3.63, 3.8) is 0 Å². The van der Waals surface area contributed by atoms with Gasteiger partial charge in [-0.15, -0.1) is 0 Å². The highest BCUT2D eigenvalue weighted by atomic mass is 35.5. The molecule has 1 aliphatic heterocycles. The van der Waals surface area contributed by atoms with Crippen molar-refractivity contribution in [3.05, 3.63) is 34.3 Å². The van der Waals surface area contributed by atoms with Crippen LogP contribution in [0.5, 0.6) is 0 Å². The SMILES string of the molecule is CN1CC[C@@H](N(Cc2cccc(C(F)(F)F)c2Cl)C(=O)O)C1. The fourth-order valence-corrected chi connectivity index (χ4v) is 2.92. The molecule has 4 nitrogen and oxygen atoms in total. The summed E-state index contributed by atoms with van der Waals surface area (Å²) in [5, 5.41) is 8.91. The molecule has 1 heterocycles. The molecule has 1 atom stereocenters. The fraction of sp³-hybridized carbons (Fsp3) is 0.500. The molecule has 1 fully saturated rings. The summed E-state index contributed by atoms with van der Waals surface area (Å²) in [5.41, 5.74) is -0.783. The molecule has 0 radical (unpaired) electrons. The topological polar surface area (TPSA) is 43.8 Å². The van der Waals surface area contributed by atoms with Crippen molar-refractivity contribution in [1.29, 1.82) is 0 Å². The van der Waals surface area contributed by atoms with Gasteiger partial charge in [0.15, 0.2) is 0 Å². The maximum Gasteiger partial charge on any atom is 0.417 e. The monoisotopic (exact) mass is 336 g/mol. The van der Waals surface area contributed by atoms with Gasteiger partial charge in [0.05, 0.1) is 17.1 Å². The first-order valence-corrected chi connectivity index (χ1v) is 7.10. The number of likely N-dealkylation sites (N-methyl/N-ethyl adjacent to an activating group) is 1. The van der Waals surface area contributed by atoms with E-state index < -0.39 is 22.9 Å². The van der Waals surface area contributed by atoms with Gasteiger partial charge in [0.1, 0.15) is 0 Å². The maximum atomic E-state index is 12.9. The number of amides is 1. The van der Waals surface area contributed by atoms with E-state index in [1.165, 1.54) is 12.1 Å². The van der Waals surface area contributed by atoms with Gasteiger partial charge in [0.2, 0.25) is 0 Å². The molecule has 0 saturated carbocycles. The molecule has 0 bridgehead atoms. The van der Waals surface area contributed by atoms with E-state index in [9.17, 15) is 23.1 Å². The smallest absolute Gasteiger partial charge is 0.417 e. The number of likely N-dealkylation sites (tertiary alicyclic amines) is 1. The molecular weight excluding hydrogens is 321 g/mol. The van der Waals surface area contributed by atoms with Crippen LogP contribution >= 0.6 is 11.6 Å². The second kappa shape index (κ2) is 6.34. The molecule has 2 rings (SSSR count). The number of carboxylic acid groups (broad SMARTS) is 1. The summed E-state index contributed by atoms with van der Waals surface area (Å²) < 4.78 is 38.6. The zero-order valence-corrected chi connectivity index (χ0v) is 12.7. The van der Waals surface area contributed by atoms with Crippen molar-refractivity contribution >= 4 is 17.7 Å². The number of alkyl halides is 3. The minimum atomic E-state index is -4.56. The Hall–Kier alpha value is -1.47. The molecular formula is C14H16ClF3N2O2. The van der Waals surface area contributed by atoms with Crippen LogP contribution in [0.4, 0.5) is 18.0 Å². The highest BCUT2D eigenvalue weighted by molar-refractivity contribution is 6.32. The molecule has 122 valence electrons. The number of hydrogen-bond acceptors (Lipinski definition) is 2. The number of carbonyl (C=O) groups is 1. The van der Waals surface area contributed by atoms with E-state index in [0.29, 0.717) is 13.0 Å². The molecule has 0 spiro atoms. The third kappa shape index (κ3) is 3.64. The van der Waals surface area contributed by atoms with Gasteiger partial charge in [0, 0.05) is 12.6 Å². The zero-order valence-electron chi connectivity index (χ0n) is 11.9. The van der Waals surface area contributed by atoms with Crippen LogP contribution in [-0.4, -0.2) is 47.2 Å². The van der Waals surface area contributed by atoms with Gasteiger partial charge < -0.3 is 10.0 Å². The van der Waals surface area contributed by atoms with Crippen LogP contribution in [0, 0.1) is 0 Å². The summed E-state index contributed by atoms with van der Waals surface area (Å²) in [7, 11) is 1.87. The van der Waals surface area contributed by atoms with Crippen molar-refractivity contribution < 1.29 is 23.1 Å². The largest absolute Gasteiger partial charge is 0.465 e. The summed E-state index contributed by atoms with van der Waals surface area (Å²) in [4.78, 5) is 14.6. The lowest BCUT2D eigenvalue weighted by atomic mass is 10.1. The first-order valence-electron chi connectivity index (χ1n) is 6.73. The Balaban J connectivity index is 2.26. The Morgan fingerprint density at radius 3 is 2.68 bits per heavy atom. The van der Waals surface area contributed by atoms with Gasteiger partial charge in [-0.2, -0.15) is 13.2 Å². The lowest BCUT2D eigenvalue weighted by molar-refractivity contribution is -0.137. The highest BCUT2D eigenvalue weighted by Gasteiger charge is 2.35. The summed E-state index contributed by atoms with van der Waals surface area (Å²) in [6, 6.07) is 3.31. The van der Waals surface area contributed by atoms with E-state index in [1.54, 1.807) is 0 Å². The maximum absolute atomic E-state index is 12.9. The standard InChI is InChI=1S/C14H16ClF3N2O2/c1-19-6-5-10(8-19)20(13(21)22)7-9-3-2-4-11(12(9)15)14(16,17)18/h2-4,10H,5-8H2,1H3,(H,21,22)/t10-/m1/s1. The second-order valence-corrected chi connectivity index (χ2v) is 5.77. The lowest BCUT2D eigenvalue weighted by Gasteiger charge is -2.27. The van der Waals surface area contributed by atoms with Gasteiger partial charge >= 0.3 is 12.3 Å². The lowest BCUT2D eigenvalue weighted by Crippen LogP contribution is -2.40. The molecule has 0 unspecified atom stereocenters. The highest BCUT2D eigenvalue weighted by Crippen LogP contribution is 2.36. The van der Waals surface area contributed by atoms with Crippen LogP contribution < -0.4 is 0 Å². The van der Waals surface area contributed by atoms with Crippen molar-refractivity contribution in [2.45, 2.75) is 25.2 Å². The third-order valence-electron chi connectivity index (χ3n) is 3.78. The minimum absolute atomic E-state index is 0.156. The Kier molecular flexibility index (Phi) is 4.87. The van der Waals surface area contributed by atoms with E-state index >= 15 is 0 Å². The molecule has 1 aliphatic rings. The molecule has 1 N–H and O–H groups in total. The van der Waals surface area contributed by atoms with Crippen molar-refractivity contribution in [1.82, 2.24) is 9.80 Å². The summed E-state index contributed by atoms with van der Waals surface area (Å²) in [6.45, 7) is 1.16. The van der Waals surface area contributed by atoms with Gasteiger partial charge in [0.25, 0.3) is 0 Å². The van der Waals surface area contributed by atoms with Crippen molar-refractivity contribution in [2.24, 2.45) is 0 Å². The minimum Gasteiger partial charge on any atom is -0.465 e. The van der Waals surface area contributed by atoms with Gasteiger partial charge in [-0.1, -0.05) is 23.7 Å². The normalized spacial score (nSPS) is 19.4. The predicted molar refractivity (Wildman–Crippen MR) is 75.9 cm³/mol. The zero-order chi connectivity index (χ0) is 16.5. The number of benzene rings is 1. The quantitative estimate of drug-likeness (QED) is 0.918. The van der Waals surface area contributed by atoms with E-state index in [4.69, 9.17) is 11.6 Å². The van der Waals surface area contributed by atoms with Gasteiger partial charge in [-0.3, -0.25) is 4.90 Å². The predicted octanol–water partition coefficient (Wildman–Crippen LogP) is 3.54. The summed E-state index contributed by atoms with van der Waals surface area (Å²) in [6.07, 6.45) is -5.07. The van der Waals surface area contributed by atoms with Crippen LogP contribution in [0.3, 0.4) is 0 Å². The van der Waals surface area contributed by atoms with Crippen LogP contribution in [0.1, 0.15) is 17.5 Å². The van der Waals surface area contributed by atoms with E-state index in [0.717, 1.165) is 17.5 Å². The molecule has 22 heavy (non-hydrogen) atoms. The van der Waals surface area contributed by atoms with Crippen LogP contribution in [0.2, 0.25) is 5.02 Å². The third-order valence-corrected chi connectivity index (χ3v) is 4.22. The Labute approximate surface area is 131 Å². The van der Waals surface area contributed by atoms with Crippen LogP contribution in [-0.2, 0) is 12.7 Å².